The van der Waals surface area contributed by atoms with Crippen molar-refractivity contribution in [2.45, 2.75) is 165 Å². The van der Waals surface area contributed by atoms with Crippen molar-refractivity contribution in [2.75, 3.05) is 19.9 Å². The van der Waals surface area contributed by atoms with Crippen molar-refractivity contribution >= 4 is 87.8 Å². The number of fused-ring (bicyclic) bond motifs is 6. The highest BCUT2D eigenvalue weighted by Crippen LogP contribution is 2.30. The number of hydrogen-bond acceptors (Lipinski definition) is 13. The van der Waals surface area contributed by atoms with Crippen molar-refractivity contribution in [3.8, 4) is 32.6 Å². The summed E-state index contributed by atoms with van der Waals surface area (Å²) in [5.74, 6) is 3.00. The third-order valence-corrected chi connectivity index (χ3v) is 19.4. The minimum Gasteiger partial charge on any atom is -0.493 e. The lowest BCUT2D eigenvalue weighted by Gasteiger charge is -1.97. The van der Waals surface area contributed by atoms with Gasteiger partial charge in [0.05, 0.1) is 63.3 Å². The maximum Gasteiger partial charge on any atom is 0.181 e. The number of rotatable bonds is 2. The van der Waals surface area contributed by atoms with Crippen molar-refractivity contribution in [3.63, 3.8) is 0 Å². The second-order valence-electron chi connectivity index (χ2n) is 23.3. The fraction of sp³-hybridized carbons (Fsp3) is 0.267. The molecule has 13 heteroatoms. The molecule has 16 aromatic rings. The Morgan fingerprint density at radius 2 is 0.842 bits per heavy atom. The van der Waals surface area contributed by atoms with Gasteiger partial charge in [-0.3, -0.25) is 9.98 Å². The Morgan fingerprint density at radius 1 is 0.351 bits per heavy atom. The summed E-state index contributed by atoms with van der Waals surface area (Å²) < 4.78 is 23.1. The van der Waals surface area contributed by atoms with E-state index >= 15 is 0 Å². The number of aryl methyl sites for hydroxylation is 8. The lowest BCUT2D eigenvalue weighted by molar-refractivity contribution is 0.356. The van der Waals surface area contributed by atoms with Gasteiger partial charge in [0.25, 0.3) is 0 Å². The summed E-state index contributed by atoms with van der Waals surface area (Å²) in [5, 5.41) is 12.3. The molecule has 0 amide bonds. The van der Waals surface area contributed by atoms with Crippen LogP contribution in [0, 0.1) is 55.4 Å². The first-order chi connectivity index (χ1) is 55.9. The van der Waals surface area contributed by atoms with Gasteiger partial charge in [-0.15, -0.1) is 45.3 Å². The van der Waals surface area contributed by atoms with Gasteiger partial charge in [0.1, 0.15) is 18.2 Å². The molecule has 7 aromatic heterocycles. The molecule has 9 aromatic carbocycles. The number of thiophene rings is 4. The smallest absolute Gasteiger partial charge is 0.181 e. The molecule has 0 radical (unpaired) electrons. The van der Waals surface area contributed by atoms with Gasteiger partial charge < -0.3 is 18.3 Å². The highest BCUT2D eigenvalue weighted by atomic mass is 32.1. The van der Waals surface area contributed by atoms with Crippen molar-refractivity contribution in [1.29, 1.82) is 0 Å². The first-order valence-electron chi connectivity index (χ1n) is 40.0. The predicted molar refractivity (Wildman–Crippen MR) is 507 cm³/mol. The lowest BCUT2D eigenvalue weighted by atomic mass is 10.1. The van der Waals surface area contributed by atoms with E-state index < -0.39 is 0 Å². The Bertz CT molecular complexity index is 4920. The highest BCUT2D eigenvalue weighted by Gasteiger charge is 2.11. The van der Waals surface area contributed by atoms with Gasteiger partial charge in [-0.25, -0.2) is 9.97 Å². The average molecular weight is 1620 g/mol. The zero-order valence-electron chi connectivity index (χ0n) is 71.9. The molecule has 10 heterocycles. The monoisotopic (exact) mass is 1620 g/mol. The van der Waals surface area contributed by atoms with Gasteiger partial charge in [0.2, 0.25) is 0 Å². The van der Waals surface area contributed by atoms with E-state index in [1.54, 1.807) is 64.1 Å². The first-order valence-corrected chi connectivity index (χ1v) is 44.3. The minimum atomic E-state index is 0.610. The zero-order chi connectivity index (χ0) is 83.9. The topological polar surface area (TPSA) is 95.2 Å². The lowest BCUT2D eigenvalue weighted by Crippen LogP contribution is -2.20. The predicted octanol–water partition coefficient (Wildman–Crippen LogP) is 31.4. The van der Waals surface area contributed by atoms with Gasteiger partial charge in [0, 0.05) is 32.2 Å². The standard InChI is InChI=1S/C11H10S.C11H10.2C9H10O.C8H8N2.C8H7NOS.C8H7NS.C8H6S.C7H8.C4H4O.C4H4S.7C2H6/c1-9-7-8-11(12-9)10-5-3-2-4-6-10;1-9-6-7-10-4-2-3-5-11(10)8-9;2*1-7-2-3-9-8(6-7)4-5-10-9;1-6-2-3-7-8(4-6)10-5-9-7;1-6-2-3-8(11-6)7-4-9-5-10-7;1-6-2-3-7-8(4-6)10-5-9-7;1-2-4-8-7(3-1)5-6-9-8;1-7-5-3-2-4-6-7;2*1-2-4-5-3-1;7*1-2/h2-8H,1H3;2-8H,1H3;2*2-3,6H,4-5H2,1H3;2-4H,5H2,1H3;2-5H,1H3;2-5H,1H3;1-6H;2-6H,1H3;2*1-4H;7*1-2H3. The normalized spacial score (nSPS) is 10.1. The van der Waals surface area contributed by atoms with Crippen LogP contribution >= 0.6 is 56.7 Å². The van der Waals surface area contributed by atoms with Gasteiger partial charge in [-0.2, -0.15) is 11.3 Å². The van der Waals surface area contributed by atoms with Gasteiger partial charge in [0.15, 0.2) is 12.2 Å². The molecule has 0 bridgehead atoms. The van der Waals surface area contributed by atoms with Crippen LogP contribution in [0.4, 0.5) is 0 Å². The Hall–Kier alpha value is -10.1. The molecule has 0 saturated heterocycles. The number of ether oxygens (including phenoxy) is 2. The quantitative estimate of drug-likeness (QED) is 0.171. The van der Waals surface area contributed by atoms with Gasteiger partial charge in [-0.1, -0.05) is 289 Å². The van der Waals surface area contributed by atoms with Crippen molar-refractivity contribution in [2.24, 2.45) is 9.98 Å². The second-order valence-corrected chi connectivity index (χ2v) is 28.5. The van der Waals surface area contributed by atoms with Crippen LogP contribution in [-0.4, -0.2) is 29.9 Å². The van der Waals surface area contributed by atoms with Crippen molar-refractivity contribution < 1.29 is 18.3 Å². The molecule has 8 nitrogen and oxygen atoms in total. The Morgan fingerprint density at radius 3 is 1.35 bits per heavy atom. The summed E-state index contributed by atoms with van der Waals surface area (Å²) in [6, 6.07) is 87.5. The largest absolute Gasteiger partial charge is 0.493 e. The number of aromatic nitrogens is 2. The van der Waals surface area contributed by atoms with E-state index in [9.17, 15) is 0 Å². The van der Waals surface area contributed by atoms with E-state index in [4.69, 9.17) is 13.9 Å². The molecule has 0 N–H and O–H groups in total. The maximum atomic E-state index is 5.35. The van der Waals surface area contributed by atoms with E-state index in [0.717, 1.165) is 64.4 Å². The number of hydrogen-bond donors (Lipinski definition) is 0. The SMILES string of the molecule is CC.CC.CC.CC.CC.CC.CC.Cc1ccc(-c2ccccc2)s1.Cc1ccc(-c2cnco2)s1.Cc1ccc2c(c1)=NCN=2.Cc1ccc2c(c1)CCO2.Cc1ccc2c(c1)CCO2.Cc1ccc2ccccc2c1.Cc1ccc2ncsc2c1.Cc1ccccc1.c1ccc2sccc2c1.c1ccoc1.c1ccsc1. The molecule has 0 atom stereocenters. The van der Waals surface area contributed by atoms with E-state index in [2.05, 4.69) is 279 Å². The number of benzene rings is 9. The third kappa shape index (κ3) is 39.6. The van der Waals surface area contributed by atoms with E-state index in [-0.39, 0.29) is 0 Å². The second kappa shape index (κ2) is 63.3. The van der Waals surface area contributed by atoms with Crippen LogP contribution in [-0.2, 0) is 12.8 Å². The molecule has 114 heavy (non-hydrogen) atoms. The minimum absolute atomic E-state index is 0.610. The van der Waals surface area contributed by atoms with Crippen LogP contribution in [0.2, 0.25) is 0 Å². The number of nitrogens with zero attached hydrogens (tertiary/aromatic N) is 4. The Labute approximate surface area is 704 Å². The average Bonchev–Trinajstić information content (AvgIpc) is 1.48. The van der Waals surface area contributed by atoms with Crippen molar-refractivity contribution in [3.05, 3.63) is 367 Å². The fourth-order valence-electron chi connectivity index (χ4n) is 9.97. The number of oxazole rings is 1. The molecule has 19 rings (SSSR count). The highest BCUT2D eigenvalue weighted by molar-refractivity contribution is 7.17. The summed E-state index contributed by atoms with van der Waals surface area (Å²) in [6.45, 7) is 47.1. The molecule has 604 valence electrons. The maximum absolute atomic E-state index is 5.35. The summed E-state index contributed by atoms with van der Waals surface area (Å²) >= 11 is 8.74. The molecular weight excluding hydrogens is 1490 g/mol. The Kier molecular flexibility index (Phi) is 55.5. The molecular formula is C101H126N4O4S5. The number of furan rings is 1. The molecule has 0 saturated carbocycles. The van der Waals surface area contributed by atoms with E-state index in [0.29, 0.717) is 6.67 Å². The zero-order valence-corrected chi connectivity index (χ0v) is 75.9. The number of thiazole rings is 1. The molecule has 0 unspecified atom stereocenters. The van der Waals surface area contributed by atoms with Crippen LogP contribution in [0.1, 0.15) is 151 Å². The van der Waals surface area contributed by atoms with Crippen molar-refractivity contribution in [1.82, 2.24) is 9.97 Å². The fourth-order valence-corrected chi connectivity index (χ4v) is 13.7. The summed E-state index contributed by atoms with van der Waals surface area (Å²) in [7, 11) is 0. The van der Waals surface area contributed by atoms with Gasteiger partial charge in [-0.05, 0) is 200 Å². The Balaban J connectivity index is 0.000000421. The van der Waals surface area contributed by atoms with Crippen LogP contribution < -0.4 is 20.2 Å². The van der Waals surface area contributed by atoms with Crippen LogP contribution in [0.15, 0.2) is 320 Å². The summed E-state index contributed by atoms with van der Waals surface area (Å²) in [5.41, 5.74) is 14.9. The van der Waals surface area contributed by atoms with Crippen LogP contribution in [0.25, 0.3) is 52.2 Å². The van der Waals surface area contributed by atoms with E-state index in [1.165, 1.54) is 96.7 Å². The summed E-state index contributed by atoms with van der Waals surface area (Å²) in [4.78, 5) is 21.5. The molecule has 0 fully saturated rings. The molecule has 0 spiro atoms. The van der Waals surface area contributed by atoms with E-state index in [1.807, 2.05) is 185 Å². The van der Waals surface area contributed by atoms with Gasteiger partial charge >= 0.3 is 0 Å². The first kappa shape index (κ1) is 100.0. The molecule has 3 aliphatic heterocycles. The molecule has 3 aliphatic rings. The van der Waals surface area contributed by atoms with Crippen LogP contribution in [0.5, 0.6) is 11.5 Å². The summed E-state index contributed by atoms with van der Waals surface area (Å²) in [6.07, 6.45) is 8.59. The third-order valence-electron chi connectivity index (χ3n) is 15.1. The molecule has 0 aliphatic carbocycles. The van der Waals surface area contributed by atoms with Crippen LogP contribution in [0.3, 0.4) is 0 Å².